The maximum atomic E-state index is 13.2. The summed E-state index contributed by atoms with van der Waals surface area (Å²) in [4.78, 5) is 21.4. The molecule has 2 aliphatic rings. The molecule has 3 aromatic carbocycles. The Kier molecular flexibility index (Phi) is 7.38. The zero-order chi connectivity index (χ0) is 27.7. The van der Waals surface area contributed by atoms with Crippen molar-refractivity contribution in [1.29, 1.82) is 0 Å². The highest BCUT2D eigenvalue weighted by Crippen LogP contribution is 2.30. The molecule has 8 heteroatoms. The quantitative estimate of drug-likeness (QED) is 0.306. The molecule has 0 atom stereocenters. The second-order valence-electron chi connectivity index (χ2n) is 11.0. The topological polar surface area (TPSA) is 51.4 Å². The fourth-order valence-corrected chi connectivity index (χ4v) is 5.95. The summed E-state index contributed by atoms with van der Waals surface area (Å²) in [6.07, 6.45) is -1.74. The Bertz CT molecular complexity index is 1470. The van der Waals surface area contributed by atoms with Gasteiger partial charge in [0, 0.05) is 73.9 Å². The number of aromatic amines is 1. The summed E-state index contributed by atoms with van der Waals surface area (Å²) >= 11 is 0. The normalized spacial score (nSPS) is 17.2. The van der Waals surface area contributed by atoms with Crippen LogP contribution in [0.2, 0.25) is 0 Å². The SMILES string of the molecule is O=C(NC1CCN(Cc2ccc(C(F)(F)F)cc2)CC1)c1ccc2[nH]c3c(c2c1)CN(Cc1ccccc1)CC3. The molecule has 0 aliphatic carbocycles. The predicted molar refractivity (Wildman–Crippen MR) is 150 cm³/mol. The van der Waals surface area contributed by atoms with Crippen LogP contribution in [0.1, 0.15) is 51.1 Å². The molecule has 0 spiro atoms. The Labute approximate surface area is 232 Å². The molecule has 1 saturated heterocycles. The van der Waals surface area contributed by atoms with Gasteiger partial charge in [-0.25, -0.2) is 0 Å². The third-order valence-corrected chi connectivity index (χ3v) is 8.18. The largest absolute Gasteiger partial charge is 0.416 e. The fraction of sp³-hybridized carbons (Fsp3) is 0.344. The summed E-state index contributed by atoms with van der Waals surface area (Å²) in [7, 11) is 0. The molecule has 6 rings (SSSR count). The number of rotatable bonds is 6. The highest BCUT2D eigenvalue weighted by Gasteiger charge is 2.30. The van der Waals surface area contributed by atoms with Crippen LogP contribution in [-0.2, 0) is 32.2 Å². The van der Waals surface area contributed by atoms with Gasteiger partial charge in [0.25, 0.3) is 5.91 Å². The molecule has 5 nitrogen and oxygen atoms in total. The molecular weight excluding hydrogens is 513 g/mol. The van der Waals surface area contributed by atoms with Gasteiger partial charge in [-0.05, 0) is 59.9 Å². The van der Waals surface area contributed by atoms with Gasteiger partial charge in [0.2, 0.25) is 0 Å². The van der Waals surface area contributed by atoms with Crippen LogP contribution >= 0.6 is 0 Å². The van der Waals surface area contributed by atoms with E-state index in [4.69, 9.17) is 0 Å². The zero-order valence-electron chi connectivity index (χ0n) is 22.3. The van der Waals surface area contributed by atoms with E-state index in [0.29, 0.717) is 12.1 Å². The van der Waals surface area contributed by atoms with Gasteiger partial charge in [-0.2, -0.15) is 13.2 Å². The standard InChI is InChI=1S/C32H33F3N4O/c33-32(34,35)25-9-6-23(7-10-25)19-38-15-12-26(13-16-38)36-31(40)24-8-11-29-27(18-24)28-21-39(17-14-30(28)37-29)20-22-4-2-1-3-5-22/h1-11,18,26,37H,12-17,19-21H2,(H,36,40). The molecule has 0 unspecified atom stereocenters. The Morgan fingerprint density at radius 3 is 2.30 bits per heavy atom. The molecule has 0 saturated carbocycles. The van der Waals surface area contributed by atoms with Gasteiger partial charge >= 0.3 is 6.18 Å². The molecule has 2 N–H and O–H groups in total. The van der Waals surface area contributed by atoms with Crippen molar-refractivity contribution in [1.82, 2.24) is 20.1 Å². The molecular formula is C32H33F3N4O. The van der Waals surface area contributed by atoms with E-state index in [-0.39, 0.29) is 11.9 Å². The molecule has 4 aromatic rings. The highest BCUT2D eigenvalue weighted by atomic mass is 19.4. The number of carbonyl (C=O) groups is 1. The van der Waals surface area contributed by atoms with Gasteiger partial charge < -0.3 is 10.3 Å². The minimum atomic E-state index is -4.32. The molecule has 1 amide bonds. The smallest absolute Gasteiger partial charge is 0.358 e. The first-order valence-electron chi connectivity index (χ1n) is 13.9. The van der Waals surface area contributed by atoms with Gasteiger partial charge in [0.1, 0.15) is 0 Å². The number of piperidine rings is 1. The van der Waals surface area contributed by atoms with Crippen LogP contribution in [0.4, 0.5) is 13.2 Å². The van der Waals surface area contributed by atoms with Gasteiger partial charge in [-0.1, -0.05) is 42.5 Å². The van der Waals surface area contributed by atoms with Crippen molar-refractivity contribution in [2.45, 2.75) is 51.1 Å². The lowest BCUT2D eigenvalue weighted by Crippen LogP contribution is -2.44. The van der Waals surface area contributed by atoms with Crippen LogP contribution in [0.15, 0.2) is 72.8 Å². The molecule has 1 aromatic heterocycles. The van der Waals surface area contributed by atoms with Crippen molar-refractivity contribution < 1.29 is 18.0 Å². The van der Waals surface area contributed by atoms with E-state index < -0.39 is 11.7 Å². The van der Waals surface area contributed by atoms with E-state index in [2.05, 4.69) is 44.4 Å². The number of nitrogens with one attached hydrogen (secondary N) is 2. The van der Waals surface area contributed by atoms with E-state index in [0.717, 1.165) is 80.6 Å². The number of H-pyrrole nitrogens is 1. The van der Waals surface area contributed by atoms with E-state index in [9.17, 15) is 18.0 Å². The van der Waals surface area contributed by atoms with Crippen LogP contribution in [0.25, 0.3) is 10.9 Å². The van der Waals surface area contributed by atoms with Gasteiger partial charge in [0.15, 0.2) is 0 Å². The van der Waals surface area contributed by atoms with E-state index in [1.807, 2.05) is 24.3 Å². The van der Waals surface area contributed by atoms with Gasteiger partial charge in [-0.15, -0.1) is 0 Å². The monoisotopic (exact) mass is 546 g/mol. The summed E-state index contributed by atoms with van der Waals surface area (Å²) in [6.45, 7) is 4.94. The summed E-state index contributed by atoms with van der Waals surface area (Å²) in [5.41, 5.74) is 5.82. The molecule has 3 heterocycles. The third kappa shape index (κ3) is 5.93. The lowest BCUT2D eigenvalue weighted by Gasteiger charge is -2.32. The summed E-state index contributed by atoms with van der Waals surface area (Å²) in [5, 5.41) is 4.33. The lowest BCUT2D eigenvalue weighted by atomic mass is 10.0. The first-order chi connectivity index (χ1) is 19.3. The lowest BCUT2D eigenvalue weighted by molar-refractivity contribution is -0.137. The van der Waals surface area contributed by atoms with E-state index in [1.165, 1.54) is 16.8 Å². The number of amides is 1. The molecule has 0 radical (unpaired) electrons. The number of likely N-dealkylation sites (tertiary alicyclic amines) is 1. The Balaban J connectivity index is 1.05. The minimum absolute atomic E-state index is 0.0602. The average molecular weight is 547 g/mol. The summed E-state index contributed by atoms with van der Waals surface area (Å²) in [5.74, 6) is -0.0602. The van der Waals surface area contributed by atoms with Crippen LogP contribution in [-0.4, -0.2) is 46.4 Å². The van der Waals surface area contributed by atoms with Gasteiger partial charge in [0.05, 0.1) is 5.56 Å². The number of nitrogens with zero attached hydrogens (tertiary/aromatic N) is 2. The van der Waals surface area contributed by atoms with Crippen molar-refractivity contribution >= 4 is 16.8 Å². The number of benzene rings is 3. The molecule has 208 valence electrons. The average Bonchev–Trinajstić information content (AvgIpc) is 3.32. The van der Waals surface area contributed by atoms with E-state index in [1.54, 1.807) is 12.1 Å². The van der Waals surface area contributed by atoms with Crippen molar-refractivity contribution in [3.8, 4) is 0 Å². The number of aromatic nitrogens is 1. The zero-order valence-corrected chi connectivity index (χ0v) is 22.3. The van der Waals surface area contributed by atoms with Crippen molar-refractivity contribution in [3.05, 3.63) is 106 Å². The minimum Gasteiger partial charge on any atom is -0.358 e. The number of fused-ring (bicyclic) bond motifs is 3. The first kappa shape index (κ1) is 26.6. The van der Waals surface area contributed by atoms with Crippen molar-refractivity contribution in [2.24, 2.45) is 0 Å². The predicted octanol–water partition coefficient (Wildman–Crippen LogP) is 6.14. The molecule has 1 fully saturated rings. The van der Waals surface area contributed by atoms with Crippen molar-refractivity contribution in [2.75, 3.05) is 19.6 Å². The second-order valence-corrected chi connectivity index (χ2v) is 11.0. The Morgan fingerprint density at radius 2 is 1.57 bits per heavy atom. The number of alkyl halides is 3. The van der Waals surface area contributed by atoms with Crippen molar-refractivity contribution in [3.63, 3.8) is 0 Å². The molecule has 0 bridgehead atoms. The third-order valence-electron chi connectivity index (χ3n) is 8.18. The summed E-state index contributed by atoms with van der Waals surface area (Å²) < 4.78 is 38.5. The Morgan fingerprint density at radius 1 is 0.875 bits per heavy atom. The number of hydrogen-bond acceptors (Lipinski definition) is 3. The highest BCUT2D eigenvalue weighted by molar-refractivity contribution is 5.99. The first-order valence-corrected chi connectivity index (χ1v) is 13.9. The maximum absolute atomic E-state index is 13.2. The number of hydrogen-bond donors (Lipinski definition) is 2. The second kappa shape index (κ2) is 11.1. The van der Waals surface area contributed by atoms with Crippen LogP contribution in [0, 0.1) is 0 Å². The van der Waals surface area contributed by atoms with Crippen LogP contribution < -0.4 is 5.32 Å². The summed E-state index contributed by atoms with van der Waals surface area (Å²) in [6, 6.07) is 21.9. The molecule has 40 heavy (non-hydrogen) atoms. The van der Waals surface area contributed by atoms with Crippen LogP contribution in [0.5, 0.6) is 0 Å². The number of halogens is 3. The number of carbonyl (C=O) groups excluding carboxylic acids is 1. The van der Waals surface area contributed by atoms with Gasteiger partial charge in [-0.3, -0.25) is 14.6 Å². The Hall–Kier alpha value is -3.62. The molecule has 2 aliphatic heterocycles. The maximum Gasteiger partial charge on any atom is 0.416 e. The van der Waals surface area contributed by atoms with Crippen LogP contribution in [0.3, 0.4) is 0 Å². The van der Waals surface area contributed by atoms with E-state index >= 15 is 0 Å². The fourth-order valence-electron chi connectivity index (χ4n) is 5.95.